The summed E-state index contributed by atoms with van der Waals surface area (Å²) in [4.78, 5) is 13.1. The first-order chi connectivity index (χ1) is 18.2. The van der Waals surface area contributed by atoms with Crippen LogP contribution in [0.25, 0.3) is 0 Å². The molecule has 0 fully saturated rings. The maximum atomic E-state index is 14.0. The summed E-state index contributed by atoms with van der Waals surface area (Å²) in [5.41, 5.74) is 0.960. The number of nitrogens with zero attached hydrogens (tertiary/aromatic N) is 1. The van der Waals surface area contributed by atoms with Crippen LogP contribution >= 0.6 is 0 Å². The van der Waals surface area contributed by atoms with E-state index in [4.69, 9.17) is 23.7 Å². The van der Waals surface area contributed by atoms with Crippen molar-refractivity contribution in [1.29, 1.82) is 0 Å². The molecule has 204 valence electrons. The number of ether oxygens (including phenoxy) is 5. The van der Waals surface area contributed by atoms with Crippen molar-refractivity contribution in [3.05, 3.63) is 66.2 Å². The summed E-state index contributed by atoms with van der Waals surface area (Å²) in [6.45, 7) is 1.28. The topological polar surface area (TPSA) is 113 Å². The number of methoxy groups -OCH3 is 5. The Balaban J connectivity index is 2.02. The van der Waals surface area contributed by atoms with Crippen molar-refractivity contribution in [2.45, 2.75) is 17.9 Å². The molecule has 1 atom stereocenters. The number of rotatable bonds is 12. The summed E-state index contributed by atoms with van der Waals surface area (Å²) < 4.78 is 55.4. The highest BCUT2D eigenvalue weighted by Gasteiger charge is 2.31. The van der Waals surface area contributed by atoms with E-state index in [1.807, 2.05) is 12.1 Å². The molecule has 1 N–H and O–H groups in total. The SMILES string of the molecule is COc1ccc([C@H](C)NC(=O)CN(c2cc(OC)ccc2OC)S(=O)(=O)c2ccc(OC)c(OC)c2)cc1. The van der Waals surface area contributed by atoms with Crippen molar-refractivity contribution < 1.29 is 36.9 Å². The number of hydrogen-bond donors (Lipinski definition) is 1. The standard InChI is InChI=1S/C27H32N2O8S/c1-18(19-7-9-20(33-2)10-8-19)28-27(30)17-29(23-15-21(34-3)11-13-24(23)35-4)38(31,32)22-12-14-25(36-5)26(16-22)37-6/h7-16,18H,17H2,1-6H3,(H,28,30)/t18-/m0/s1. The van der Waals surface area contributed by atoms with Gasteiger partial charge < -0.3 is 29.0 Å². The van der Waals surface area contributed by atoms with Gasteiger partial charge in [-0.15, -0.1) is 0 Å². The lowest BCUT2D eigenvalue weighted by Gasteiger charge is -2.27. The first-order valence-electron chi connectivity index (χ1n) is 11.6. The van der Waals surface area contributed by atoms with Crippen LogP contribution < -0.4 is 33.3 Å². The van der Waals surface area contributed by atoms with Gasteiger partial charge in [-0.25, -0.2) is 8.42 Å². The van der Waals surface area contributed by atoms with Crippen molar-refractivity contribution >= 4 is 21.6 Å². The molecule has 3 rings (SSSR count). The molecular weight excluding hydrogens is 512 g/mol. The van der Waals surface area contributed by atoms with Crippen LogP contribution in [0.4, 0.5) is 5.69 Å². The molecule has 38 heavy (non-hydrogen) atoms. The predicted octanol–water partition coefficient (Wildman–Crippen LogP) is 3.80. The zero-order valence-electron chi connectivity index (χ0n) is 22.2. The average Bonchev–Trinajstić information content (AvgIpc) is 2.94. The maximum Gasteiger partial charge on any atom is 0.265 e. The molecule has 0 radical (unpaired) electrons. The van der Waals surface area contributed by atoms with Crippen LogP contribution in [-0.2, 0) is 14.8 Å². The van der Waals surface area contributed by atoms with Gasteiger partial charge in [-0.05, 0) is 48.9 Å². The first kappa shape index (κ1) is 28.5. The Morgan fingerprint density at radius 1 is 0.763 bits per heavy atom. The minimum Gasteiger partial charge on any atom is -0.497 e. The number of anilines is 1. The number of hydrogen-bond acceptors (Lipinski definition) is 8. The number of benzene rings is 3. The second-order valence-electron chi connectivity index (χ2n) is 8.13. The lowest BCUT2D eigenvalue weighted by atomic mass is 10.1. The highest BCUT2D eigenvalue weighted by molar-refractivity contribution is 7.92. The summed E-state index contributed by atoms with van der Waals surface area (Å²) in [6, 6.07) is 15.7. The molecule has 0 aliphatic heterocycles. The molecule has 11 heteroatoms. The molecule has 0 aliphatic rings. The maximum absolute atomic E-state index is 14.0. The molecule has 3 aromatic carbocycles. The van der Waals surface area contributed by atoms with Gasteiger partial charge in [0.25, 0.3) is 10.0 Å². The van der Waals surface area contributed by atoms with Crippen LogP contribution in [-0.4, -0.2) is 56.4 Å². The highest BCUT2D eigenvalue weighted by atomic mass is 32.2. The minimum absolute atomic E-state index is 0.101. The molecule has 0 bridgehead atoms. The largest absolute Gasteiger partial charge is 0.497 e. The van der Waals surface area contributed by atoms with Crippen LogP contribution in [0.5, 0.6) is 28.7 Å². The first-order valence-corrected chi connectivity index (χ1v) is 13.0. The molecule has 0 saturated carbocycles. The molecule has 0 unspecified atom stereocenters. The van der Waals surface area contributed by atoms with Gasteiger partial charge in [0.15, 0.2) is 11.5 Å². The van der Waals surface area contributed by atoms with Gasteiger partial charge in [0.05, 0.1) is 52.2 Å². The predicted molar refractivity (Wildman–Crippen MR) is 143 cm³/mol. The Hall–Kier alpha value is -4.12. The van der Waals surface area contributed by atoms with E-state index in [9.17, 15) is 13.2 Å². The number of sulfonamides is 1. The van der Waals surface area contributed by atoms with E-state index in [1.165, 1.54) is 52.7 Å². The van der Waals surface area contributed by atoms with Gasteiger partial charge in [0, 0.05) is 12.1 Å². The van der Waals surface area contributed by atoms with Crippen molar-refractivity contribution in [3.8, 4) is 28.7 Å². The van der Waals surface area contributed by atoms with E-state index >= 15 is 0 Å². The molecular formula is C27H32N2O8S. The normalized spacial score (nSPS) is 11.7. The fourth-order valence-electron chi connectivity index (χ4n) is 3.79. The van der Waals surface area contributed by atoms with Crippen LogP contribution in [0, 0.1) is 0 Å². The van der Waals surface area contributed by atoms with Crippen molar-refractivity contribution in [3.63, 3.8) is 0 Å². The second-order valence-corrected chi connectivity index (χ2v) is 9.99. The van der Waals surface area contributed by atoms with Crippen molar-refractivity contribution in [2.75, 3.05) is 46.4 Å². The summed E-state index contributed by atoms with van der Waals surface area (Å²) in [7, 11) is 3.02. The molecule has 10 nitrogen and oxygen atoms in total. The Morgan fingerprint density at radius 3 is 1.92 bits per heavy atom. The van der Waals surface area contributed by atoms with E-state index in [0.29, 0.717) is 17.2 Å². The van der Waals surface area contributed by atoms with Gasteiger partial charge in [-0.1, -0.05) is 12.1 Å². The Labute approximate surface area is 223 Å². The fraction of sp³-hybridized carbons (Fsp3) is 0.296. The van der Waals surface area contributed by atoms with Crippen LogP contribution in [0.2, 0.25) is 0 Å². The fourth-order valence-corrected chi connectivity index (χ4v) is 5.23. The van der Waals surface area contributed by atoms with Gasteiger partial charge in [-0.2, -0.15) is 0 Å². The third-order valence-corrected chi connectivity index (χ3v) is 7.63. The number of amides is 1. The van der Waals surface area contributed by atoms with Gasteiger partial charge >= 0.3 is 0 Å². The van der Waals surface area contributed by atoms with E-state index in [1.54, 1.807) is 38.3 Å². The molecule has 0 heterocycles. The molecule has 0 aromatic heterocycles. The van der Waals surface area contributed by atoms with Crippen LogP contribution in [0.3, 0.4) is 0 Å². The molecule has 3 aromatic rings. The number of carbonyl (C=O) groups excluding carboxylic acids is 1. The quantitative estimate of drug-likeness (QED) is 0.366. The zero-order chi connectivity index (χ0) is 27.9. The molecule has 0 aliphatic carbocycles. The summed E-state index contributed by atoms with van der Waals surface area (Å²) in [5.74, 6) is 1.38. The Bertz CT molecular complexity index is 1360. The lowest BCUT2D eigenvalue weighted by Crippen LogP contribution is -2.41. The monoisotopic (exact) mass is 544 g/mol. The number of carbonyl (C=O) groups is 1. The third-order valence-electron chi connectivity index (χ3n) is 5.88. The van der Waals surface area contributed by atoms with Crippen molar-refractivity contribution in [1.82, 2.24) is 5.32 Å². The molecule has 0 spiro atoms. The summed E-state index contributed by atoms with van der Waals surface area (Å²) in [5, 5.41) is 2.86. The smallest absolute Gasteiger partial charge is 0.265 e. The highest BCUT2D eigenvalue weighted by Crippen LogP contribution is 2.37. The average molecular weight is 545 g/mol. The Kier molecular flexibility index (Phi) is 9.30. The molecule has 1 amide bonds. The van der Waals surface area contributed by atoms with Crippen LogP contribution in [0.1, 0.15) is 18.5 Å². The lowest BCUT2D eigenvalue weighted by molar-refractivity contribution is -0.120. The third kappa shape index (κ3) is 6.23. The zero-order valence-corrected chi connectivity index (χ0v) is 23.0. The van der Waals surface area contributed by atoms with E-state index < -0.39 is 28.5 Å². The van der Waals surface area contributed by atoms with Gasteiger partial charge in [-0.3, -0.25) is 9.10 Å². The second kappa shape index (κ2) is 12.4. The minimum atomic E-state index is -4.29. The van der Waals surface area contributed by atoms with E-state index in [0.717, 1.165) is 9.87 Å². The molecule has 0 saturated heterocycles. The van der Waals surface area contributed by atoms with Gasteiger partial charge in [0.1, 0.15) is 23.8 Å². The van der Waals surface area contributed by atoms with E-state index in [-0.39, 0.29) is 22.1 Å². The Morgan fingerprint density at radius 2 is 1.34 bits per heavy atom. The van der Waals surface area contributed by atoms with E-state index in [2.05, 4.69) is 5.32 Å². The van der Waals surface area contributed by atoms with Gasteiger partial charge in [0.2, 0.25) is 5.91 Å². The van der Waals surface area contributed by atoms with Crippen LogP contribution in [0.15, 0.2) is 65.6 Å². The number of nitrogens with one attached hydrogen (secondary N) is 1. The summed E-state index contributed by atoms with van der Waals surface area (Å²) >= 11 is 0. The summed E-state index contributed by atoms with van der Waals surface area (Å²) in [6.07, 6.45) is 0. The van der Waals surface area contributed by atoms with Crippen molar-refractivity contribution in [2.24, 2.45) is 0 Å².